The van der Waals surface area contributed by atoms with Crippen LogP contribution in [-0.4, -0.2) is 10.9 Å². The number of carbonyl (C=O) groups excluding carboxylic acids is 1. The van der Waals surface area contributed by atoms with Gasteiger partial charge in [-0.2, -0.15) is 0 Å². The van der Waals surface area contributed by atoms with E-state index < -0.39 is 0 Å². The minimum atomic E-state index is -0.353. The van der Waals surface area contributed by atoms with Gasteiger partial charge in [0.05, 0.1) is 6.04 Å². The Labute approximate surface area is 105 Å². The highest BCUT2D eigenvalue weighted by molar-refractivity contribution is 5.94. The largest absolute Gasteiger partial charge is 0.346 e. The molecule has 2 rings (SSSR count). The third-order valence-electron chi connectivity index (χ3n) is 2.66. The molecule has 0 radical (unpaired) electrons. The van der Waals surface area contributed by atoms with Crippen LogP contribution in [0.15, 0.2) is 48.8 Å². The highest BCUT2D eigenvalue weighted by atomic mass is 19.1. The number of carbonyl (C=O) groups is 1. The minimum absolute atomic E-state index is 0.120. The summed E-state index contributed by atoms with van der Waals surface area (Å²) in [6, 6.07) is 9.03. The van der Waals surface area contributed by atoms with Crippen molar-refractivity contribution in [2.24, 2.45) is 0 Å². The van der Waals surface area contributed by atoms with Crippen LogP contribution < -0.4 is 5.32 Å². The van der Waals surface area contributed by atoms with E-state index in [9.17, 15) is 9.18 Å². The standard InChI is InChI=1S/C14H13FN2O/c1-10(11-6-8-16-9-7-11)17-14(18)12-2-4-13(15)5-3-12/h2-10H,1H3,(H,17,18)/t10-/m0/s1. The Bertz CT molecular complexity index is 525. The van der Waals surface area contributed by atoms with Crippen LogP contribution >= 0.6 is 0 Å². The number of hydrogen-bond acceptors (Lipinski definition) is 2. The van der Waals surface area contributed by atoms with Gasteiger partial charge in [-0.25, -0.2) is 4.39 Å². The van der Waals surface area contributed by atoms with Crippen LogP contribution in [0.3, 0.4) is 0 Å². The van der Waals surface area contributed by atoms with Gasteiger partial charge in [0.15, 0.2) is 0 Å². The van der Waals surface area contributed by atoms with E-state index in [2.05, 4.69) is 10.3 Å². The first-order chi connectivity index (χ1) is 8.66. The van der Waals surface area contributed by atoms with Crippen LogP contribution in [0, 0.1) is 5.82 Å². The molecule has 0 aliphatic heterocycles. The first-order valence-corrected chi connectivity index (χ1v) is 5.63. The van der Waals surface area contributed by atoms with Crippen molar-refractivity contribution >= 4 is 5.91 Å². The van der Waals surface area contributed by atoms with Crippen molar-refractivity contribution in [1.82, 2.24) is 10.3 Å². The Balaban J connectivity index is 2.06. The smallest absolute Gasteiger partial charge is 0.251 e. The lowest BCUT2D eigenvalue weighted by atomic mass is 10.1. The first-order valence-electron chi connectivity index (χ1n) is 5.63. The Morgan fingerprint density at radius 3 is 2.39 bits per heavy atom. The Hall–Kier alpha value is -2.23. The average molecular weight is 244 g/mol. The number of rotatable bonds is 3. The normalized spacial score (nSPS) is 11.9. The molecule has 0 spiro atoms. The highest BCUT2D eigenvalue weighted by Gasteiger charge is 2.10. The van der Waals surface area contributed by atoms with E-state index in [0.29, 0.717) is 5.56 Å². The molecule has 0 unspecified atom stereocenters. The maximum atomic E-state index is 12.7. The average Bonchev–Trinajstić information content (AvgIpc) is 2.40. The molecule has 0 fully saturated rings. The quantitative estimate of drug-likeness (QED) is 0.902. The van der Waals surface area contributed by atoms with Crippen molar-refractivity contribution in [2.75, 3.05) is 0 Å². The van der Waals surface area contributed by atoms with Gasteiger partial charge in [0.2, 0.25) is 0 Å². The molecule has 4 heteroatoms. The molecule has 2 aromatic rings. The van der Waals surface area contributed by atoms with Gasteiger partial charge in [-0.3, -0.25) is 9.78 Å². The Morgan fingerprint density at radius 1 is 1.17 bits per heavy atom. The molecule has 0 saturated heterocycles. The van der Waals surface area contributed by atoms with E-state index >= 15 is 0 Å². The van der Waals surface area contributed by atoms with Gasteiger partial charge in [0.25, 0.3) is 5.91 Å². The zero-order valence-corrected chi connectivity index (χ0v) is 9.93. The predicted octanol–water partition coefficient (Wildman–Crippen LogP) is 2.71. The number of halogens is 1. The van der Waals surface area contributed by atoms with Gasteiger partial charge in [0.1, 0.15) is 5.82 Å². The Morgan fingerprint density at radius 2 is 1.78 bits per heavy atom. The maximum Gasteiger partial charge on any atom is 0.251 e. The monoisotopic (exact) mass is 244 g/mol. The third kappa shape index (κ3) is 2.91. The SMILES string of the molecule is C[C@H](NC(=O)c1ccc(F)cc1)c1ccncc1. The number of amides is 1. The molecule has 18 heavy (non-hydrogen) atoms. The molecule has 1 amide bonds. The second-order valence-corrected chi connectivity index (χ2v) is 3.98. The fourth-order valence-corrected chi connectivity index (χ4v) is 1.62. The topological polar surface area (TPSA) is 42.0 Å². The van der Waals surface area contributed by atoms with E-state index in [1.807, 2.05) is 19.1 Å². The second kappa shape index (κ2) is 5.40. The maximum absolute atomic E-state index is 12.7. The number of aromatic nitrogens is 1. The lowest BCUT2D eigenvalue weighted by Crippen LogP contribution is -2.26. The first kappa shape index (κ1) is 12.2. The Kier molecular flexibility index (Phi) is 3.67. The van der Waals surface area contributed by atoms with E-state index in [0.717, 1.165) is 5.56 Å². The van der Waals surface area contributed by atoms with Crippen LogP contribution in [-0.2, 0) is 0 Å². The molecule has 1 N–H and O–H groups in total. The molecule has 1 aromatic carbocycles. The van der Waals surface area contributed by atoms with Gasteiger partial charge in [-0.15, -0.1) is 0 Å². The van der Waals surface area contributed by atoms with Gasteiger partial charge in [-0.1, -0.05) is 0 Å². The molecule has 0 aliphatic rings. The summed E-state index contributed by atoms with van der Waals surface area (Å²) in [5.74, 6) is -0.576. The summed E-state index contributed by atoms with van der Waals surface area (Å²) in [5, 5.41) is 2.84. The van der Waals surface area contributed by atoms with Crippen molar-refractivity contribution in [3.05, 3.63) is 65.7 Å². The molecule has 3 nitrogen and oxygen atoms in total. The van der Waals surface area contributed by atoms with Crippen molar-refractivity contribution in [2.45, 2.75) is 13.0 Å². The zero-order valence-electron chi connectivity index (χ0n) is 9.93. The van der Waals surface area contributed by atoms with Gasteiger partial charge in [0, 0.05) is 18.0 Å². The van der Waals surface area contributed by atoms with Crippen LogP contribution in [0.25, 0.3) is 0 Å². The molecular formula is C14H13FN2O. The summed E-state index contributed by atoms with van der Waals surface area (Å²) < 4.78 is 12.7. The summed E-state index contributed by atoms with van der Waals surface area (Å²) in [6.45, 7) is 1.89. The summed E-state index contributed by atoms with van der Waals surface area (Å²) in [6.07, 6.45) is 3.35. The van der Waals surface area contributed by atoms with Crippen molar-refractivity contribution in [1.29, 1.82) is 0 Å². The predicted molar refractivity (Wildman–Crippen MR) is 66.5 cm³/mol. The number of benzene rings is 1. The van der Waals surface area contributed by atoms with E-state index in [1.54, 1.807) is 12.4 Å². The summed E-state index contributed by atoms with van der Waals surface area (Å²) in [7, 11) is 0. The van der Waals surface area contributed by atoms with Crippen LogP contribution in [0.1, 0.15) is 28.9 Å². The molecular weight excluding hydrogens is 231 g/mol. The summed E-state index contributed by atoms with van der Waals surface area (Å²) >= 11 is 0. The van der Waals surface area contributed by atoms with Crippen molar-refractivity contribution in [3.63, 3.8) is 0 Å². The molecule has 1 atom stereocenters. The second-order valence-electron chi connectivity index (χ2n) is 3.98. The number of nitrogens with zero attached hydrogens (tertiary/aromatic N) is 1. The fraction of sp³-hybridized carbons (Fsp3) is 0.143. The van der Waals surface area contributed by atoms with Crippen molar-refractivity contribution < 1.29 is 9.18 Å². The molecule has 0 saturated carbocycles. The van der Waals surface area contributed by atoms with Crippen molar-refractivity contribution in [3.8, 4) is 0 Å². The van der Waals surface area contributed by atoms with Crippen LogP contribution in [0.4, 0.5) is 4.39 Å². The lowest BCUT2D eigenvalue weighted by molar-refractivity contribution is 0.0940. The van der Waals surface area contributed by atoms with Gasteiger partial charge >= 0.3 is 0 Å². The number of nitrogens with one attached hydrogen (secondary N) is 1. The molecule has 1 heterocycles. The summed E-state index contributed by atoms with van der Waals surface area (Å²) in [4.78, 5) is 15.8. The van der Waals surface area contributed by atoms with E-state index in [4.69, 9.17) is 0 Å². The molecule has 1 aromatic heterocycles. The number of hydrogen-bond donors (Lipinski definition) is 1. The lowest BCUT2D eigenvalue weighted by Gasteiger charge is -2.13. The molecule has 0 aliphatic carbocycles. The van der Waals surface area contributed by atoms with Crippen LogP contribution in [0.5, 0.6) is 0 Å². The third-order valence-corrected chi connectivity index (χ3v) is 2.66. The zero-order chi connectivity index (χ0) is 13.0. The van der Waals surface area contributed by atoms with E-state index in [-0.39, 0.29) is 17.8 Å². The molecule has 92 valence electrons. The fourth-order valence-electron chi connectivity index (χ4n) is 1.62. The molecule has 0 bridgehead atoms. The highest BCUT2D eigenvalue weighted by Crippen LogP contribution is 2.11. The number of pyridine rings is 1. The van der Waals surface area contributed by atoms with Gasteiger partial charge in [-0.05, 0) is 48.9 Å². The minimum Gasteiger partial charge on any atom is -0.346 e. The van der Waals surface area contributed by atoms with Gasteiger partial charge < -0.3 is 5.32 Å². The van der Waals surface area contributed by atoms with E-state index in [1.165, 1.54) is 24.3 Å². The summed E-state index contributed by atoms with van der Waals surface area (Å²) in [5.41, 5.74) is 1.41. The van der Waals surface area contributed by atoms with Crippen LogP contribution in [0.2, 0.25) is 0 Å².